The topological polar surface area (TPSA) is 163 Å². The fourth-order valence-electron chi connectivity index (χ4n) is 5.11. The first kappa shape index (κ1) is 23.8. The number of aliphatic carboxylic acids is 1. The van der Waals surface area contributed by atoms with Crippen LogP contribution in [-0.4, -0.2) is 88.3 Å². The molecule has 11 nitrogen and oxygen atoms in total. The molecule has 5 N–H and O–H groups in total. The Morgan fingerprint density at radius 1 is 1.03 bits per heavy atom. The summed E-state index contributed by atoms with van der Waals surface area (Å²) in [6.45, 7) is 9.91. The zero-order chi connectivity index (χ0) is 24.0. The van der Waals surface area contributed by atoms with Gasteiger partial charge in [-0.05, 0) is 23.7 Å². The Kier molecular flexibility index (Phi) is 6.14. The fraction of sp³-hybridized carbons (Fsp3) is 0.762. The highest BCUT2D eigenvalue weighted by Gasteiger charge is 2.69. The number of likely N-dealkylation sites (tertiary alicyclic amines) is 1. The summed E-state index contributed by atoms with van der Waals surface area (Å²) in [7, 11) is 0. The van der Waals surface area contributed by atoms with Gasteiger partial charge >= 0.3 is 12.0 Å². The Labute approximate surface area is 187 Å². The molecular weight excluding hydrogens is 416 g/mol. The van der Waals surface area contributed by atoms with Gasteiger partial charge in [0.1, 0.15) is 0 Å². The summed E-state index contributed by atoms with van der Waals surface area (Å²) in [4.78, 5) is 58.0. The van der Waals surface area contributed by atoms with Crippen LogP contribution in [0.5, 0.6) is 0 Å². The highest BCUT2D eigenvalue weighted by Crippen LogP contribution is 2.68. The third-order valence-corrected chi connectivity index (χ3v) is 7.77. The number of hydrogen-bond donors (Lipinski definition) is 3. The van der Waals surface area contributed by atoms with Crippen LogP contribution in [0.1, 0.15) is 40.5 Å². The predicted molar refractivity (Wildman–Crippen MR) is 116 cm³/mol. The molecule has 0 radical (unpaired) electrons. The van der Waals surface area contributed by atoms with Gasteiger partial charge in [-0.2, -0.15) is 0 Å². The molecule has 2 saturated heterocycles. The van der Waals surface area contributed by atoms with E-state index in [0.29, 0.717) is 19.5 Å². The van der Waals surface area contributed by atoms with Crippen LogP contribution in [0.3, 0.4) is 0 Å². The van der Waals surface area contributed by atoms with E-state index in [-0.39, 0.29) is 54.7 Å². The summed E-state index contributed by atoms with van der Waals surface area (Å²) in [5, 5.41) is 9.58. The molecule has 0 aromatic carbocycles. The van der Waals surface area contributed by atoms with Crippen LogP contribution in [0.25, 0.3) is 0 Å². The standard InChI is InChI=1S/C21H34N6O5/c1-20(2)14(21(20,3)4)16(29)25-8-10-26(11-9-25)19(32)27-13(17(30)31)12(15(27)28)6-5-7-24-18(22)23/h12-14H,5-11H2,1-4H3,(H,30,31)(H4,22,23,24)/t12-,13?/m1/s1. The predicted octanol–water partition coefficient (Wildman–Crippen LogP) is -0.102. The number of carbonyl (C=O) groups excluding carboxylic acids is 3. The molecule has 3 fully saturated rings. The van der Waals surface area contributed by atoms with Gasteiger partial charge in [0.15, 0.2) is 12.0 Å². The molecule has 0 spiro atoms. The minimum absolute atomic E-state index is 0.0506. The largest absolute Gasteiger partial charge is 0.480 e. The second kappa shape index (κ2) is 8.25. The third-order valence-electron chi connectivity index (χ3n) is 7.77. The van der Waals surface area contributed by atoms with Crippen molar-refractivity contribution < 1.29 is 24.3 Å². The molecule has 178 valence electrons. The smallest absolute Gasteiger partial charge is 0.327 e. The number of piperazine rings is 1. The number of urea groups is 1. The van der Waals surface area contributed by atoms with E-state index in [4.69, 9.17) is 11.5 Å². The van der Waals surface area contributed by atoms with Crippen LogP contribution in [0.15, 0.2) is 4.99 Å². The van der Waals surface area contributed by atoms with E-state index in [1.807, 2.05) is 0 Å². The van der Waals surface area contributed by atoms with Gasteiger partial charge in [0.05, 0.1) is 5.92 Å². The molecule has 2 heterocycles. The lowest BCUT2D eigenvalue weighted by atomic mass is 9.84. The Balaban J connectivity index is 1.55. The third kappa shape index (κ3) is 3.88. The van der Waals surface area contributed by atoms with E-state index in [2.05, 4.69) is 32.7 Å². The number of nitrogens with zero attached hydrogens (tertiary/aromatic N) is 4. The molecule has 0 aromatic rings. The molecule has 3 aliphatic rings. The van der Waals surface area contributed by atoms with Crippen LogP contribution in [0, 0.1) is 22.7 Å². The number of hydrogen-bond acceptors (Lipinski definition) is 5. The van der Waals surface area contributed by atoms with Crippen molar-refractivity contribution >= 4 is 29.8 Å². The maximum absolute atomic E-state index is 12.9. The Morgan fingerprint density at radius 2 is 1.56 bits per heavy atom. The minimum atomic E-state index is -1.21. The van der Waals surface area contributed by atoms with Gasteiger partial charge in [0.2, 0.25) is 11.8 Å². The number of β-lactam (4-membered cyclic amide) rings is 1. The Hall–Kier alpha value is -2.85. The molecule has 32 heavy (non-hydrogen) atoms. The first-order valence-corrected chi connectivity index (χ1v) is 11.0. The van der Waals surface area contributed by atoms with Gasteiger partial charge in [0.25, 0.3) is 0 Å². The SMILES string of the molecule is CC1(C)C(C(=O)N2CCN(C(=O)N3C(=O)[C@H](CCCN=C(N)N)C3C(=O)O)CC2)C1(C)C. The Morgan fingerprint density at radius 3 is 2.03 bits per heavy atom. The van der Waals surface area contributed by atoms with Crippen molar-refractivity contribution in [3.63, 3.8) is 0 Å². The average Bonchev–Trinajstić information content (AvgIpc) is 3.12. The van der Waals surface area contributed by atoms with E-state index < -0.39 is 29.9 Å². The quantitative estimate of drug-likeness (QED) is 0.220. The van der Waals surface area contributed by atoms with Crippen LogP contribution in [0.2, 0.25) is 0 Å². The number of rotatable bonds is 6. The highest BCUT2D eigenvalue weighted by molar-refractivity contribution is 6.07. The fourth-order valence-corrected chi connectivity index (χ4v) is 5.11. The molecule has 0 aromatic heterocycles. The van der Waals surface area contributed by atoms with Crippen molar-refractivity contribution in [2.75, 3.05) is 32.7 Å². The van der Waals surface area contributed by atoms with Crippen molar-refractivity contribution in [2.24, 2.45) is 39.1 Å². The molecular formula is C21H34N6O5. The van der Waals surface area contributed by atoms with Crippen LogP contribution >= 0.6 is 0 Å². The van der Waals surface area contributed by atoms with E-state index in [9.17, 15) is 24.3 Å². The maximum Gasteiger partial charge on any atom is 0.327 e. The van der Waals surface area contributed by atoms with Crippen LogP contribution in [-0.2, 0) is 14.4 Å². The van der Waals surface area contributed by atoms with Gasteiger partial charge in [-0.25, -0.2) is 14.5 Å². The lowest BCUT2D eigenvalue weighted by molar-refractivity contribution is -0.167. The number of carbonyl (C=O) groups is 4. The minimum Gasteiger partial charge on any atom is -0.480 e. The van der Waals surface area contributed by atoms with Crippen LogP contribution < -0.4 is 11.5 Å². The highest BCUT2D eigenvalue weighted by atomic mass is 16.4. The zero-order valence-electron chi connectivity index (χ0n) is 19.2. The van der Waals surface area contributed by atoms with Crippen molar-refractivity contribution in [2.45, 2.75) is 46.6 Å². The summed E-state index contributed by atoms with van der Waals surface area (Å²) in [6.07, 6.45) is 0.723. The normalized spacial score (nSPS) is 26.4. The average molecular weight is 451 g/mol. The van der Waals surface area contributed by atoms with Gasteiger partial charge in [-0.3, -0.25) is 14.6 Å². The van der Waals surface area contributed by atoms with E-state index in [0.717, 1.165) is 4.90 Å². The van der Waals surface area contributed by atoms with Crippen molar-refractivity contribution in [3.05, 3.63) is 0 Å². The summed E-state index contributed by atoms with van der Waals surface area (Å²) in [5.41, 5.74) is 10.4. The lowest BCUT2D eigenvalue weighted by Crippen LogP contribution is -2.69. The molecule has 1 unspecified atom stereocenters. The van der Waals surface area contributed by atoms with E-state index in [1.54, 1.807) is 4.90 Å². The number of carboxylic acids is 1. The van der Waals surface area contributed by atoms with Crippen molar-refractivity contribution in [3.8, 4) is 0 Å². The molecule has 2 aliphatic heterocycles. The first-order chi connectivity index (χ1) is 14.8. The summed E-state index contributed by atoms with van der Waals surface area (Å²) in [5.74, 6) is -2.50. The van der Waals surface area contributed by atoms with Crippen molar-refractivity contribution in [1.82, 2.24) is 14.7 Å². The van der Waals surface area contributed by atoms with Gasteiger partial charge < -0.3 is 26.4 Å². The zero-order valence-corrected chi connectivity index (χ0v) is 19.2. The molecule has 1 aliphatic carbocycles. The molecule has 2 atom stereocenters. The van der Waals surface area contributed by atoms with Gasteiger partial charge in [-0.1, -0.05) is 27.7 Å². The molecule has 3 rings (SSSR count). The second-order valence-corrected chi connectivity index (χ2v) is 10.0. The van der Waals surface area contributed by atoms with Gasteiger partial charge in [0, 0.05) is 38.6 Å². The molecule has 4 amide bonds. The Bertz CT molecular complexity index is 828. The number of carboxylic acid groups (broad SMARTS) is 1. The molecule has 0 bridgehead atoms. The van der Waals surface area contributed by atoms with E-state index >= 15 is 0 Å². The van der Waals surface area contributed by atoms with Crippen LogP contribution in [0.4, 0.5) is 4.79 Å². The van der Waals surface area contributed by atoms with Crippen molar-refractivity contribution in [1.29, 1.82) is 0 Å². The van der Waals surface area contributed by atoms with Gasteiger partial charge in [-0.15, -0.1) is 0 Å². The van der Waals surface area contributed by atoms with E-state index in [1.165, 1.54) is 4.90 Å². The maximum atomic E-state index is 12.9. The summed E-state index contributed by atoms with van der Waals surface area (Å²) in [6, 6.07) is -1.80. The number of imide groups is 1. The first-order valence-electron chi connectivity index (χ1n) is 11.0. The number of nitrogens with two attached hydrogens (primary N) is 2. The summed E-state index contributed by atoms with van der Waals surface area (Å²) >= 11 is 0. The monoisotopic (exact) mass is 450 g/mol. The lowest BCUT2D eigenvalue weighted by Gasteiger charge is -2.46. The number of aliphatic imine (C=N–C) groups is 1. The molecule has 1 saturated carbocycles. The second-order valence-electron chi connectivity index (χ2n) is 10.0. The number of guanidine groups is 1. The summed E-state index contributed by atoms with van der Waals surface area (Å²) < 4.78 is 0. The molecule has 11 heteroatoms. The number of amides is 4.